The molecule has 0 aliphatic carbocycles. The van der Waals surface area contributed by atoms with E-state index < -0.39 is 17.9 Å². The van der Waals surface area contributed by atoms with E-state index in [4.69, 9.17) is 28.3 Å². The topological polar surface area (TPSA) is 66.4 Å². The maximum Gasteiger partial charge on any atom is 0.305 e. The average Bonchev–Trinajstić information content (AvgIpc) is 2.20. The lowest BCUT2D eigenvalue weighted by atomic mass is 10.2. The number of aliphatic carboxylic acids is 1. The van der Waals surface area contributed by atoms with Crippen molar-refractivity contribution < 1.29 is 14.7 Å². The quantitative estimate of drug-likeness (QED) is 0.888. The molecule has 0 saturated heterocycles. The Labute approximate surface area is 109 Å². The van der Waals surface area contributed by atoms with Crippen molar-refractivity contribution in [2.75, 3.05) is 0 Å². The lowest BCUT2D eigenvalue weighted by Gasteiger charge is -2.12. The Kier molecular flexibility index (Phi) is 4.78. The number of nitrogens with one attached hydrogen (secondary N) is 1. The van der Waals surface area contributed by atoms with E-state index in [1.54, 1.807) is 13.0 Å². The molecule has 1 unspecified atom stereocenters. The van der Waals surface area contributed by atoms with Crippen molar-refractivity contribution in [1.82, 2.24) is 5.32 Å². The Morgan fingerprint density at radius 1 is 1.41 bits per heavy atom. The first kappa shape index (κ1) is 13.8. The molecule has 6 heteroatoms. The van der Waals surface area contributed by atoms with Gasteiger partial charge in [-0.25, -0.2) is 0 Å². The smallest absolute Gasteiger partial charge is 0.305 e. The lowest BCUT2D eigenvalue weighted by Crippen LogP contribution is -2.34. The first-order chi connectivity index (χ1) is 7.90. The van der Waals surface area contributed by atoms with Gasteiger partial charge in [-0.05, 0) is 25.1 Å². The predicted octanol–water partition coefficient (Wildman–Crippen LogP) is 2.59. The fourth-order valence-electron chi connectivity index (χ4n) is 1.29. The Bertz CT molecular complexity index is 448. The molecule has 0 bridgehead atoms. The average molecular weight is 276 g/mol. The van der Waals surface area contributed by atoms with Crippen LogP contribution in [-0.2, 0) is 4.79 Å². The van der Waals surface area contributed by atoms with Crippen molar-refractivity contribution in [3.63, 3.8) is 0 Å². The minimum Gasteiger partial charge on any atom is -0.481 e. The SMILES string of the molecule is CC(CC(=O)O)NC(=O)c1cc(Cl)ccc1Cl. The molecule has 0 aliphatic heterocycles. The van der Waals surface area contributed by atoms with Gasteiger partial charge in [0.15, 0.2) is 0 Å². The van der Waals surface area contributed by atoms with Gasteiger partial charge in [0.05, 0.1) is 17.0 Å². The summed E-state index contributed by atoms with van der Waals surface area (Å²) in [5, 5.41) is 11.8. The van der Waals surface area contributed by atoms with E-state index >= 15 is 0 Å². The van der Waals surface area contributed by atoms with Crippen LogP contribution in [0.2, 0.25) is 10.0 Å². The normalized spacial score (nSPS) is 11.9. The van der Waals surface area contributed by atoms with Gasteiger partial charge >= 0.3 is 5.97 Å². The van der Waals surface area contributed by atoms with Gasteiger partial charge in [0.1, 0.15) is 0 Å². The van der Waals surface area contributed by atoms with Crippen LogP contribution in [0.3, 0.4) is 0 Å². The Morgan fingerprint density at radius 3 is 2.65 bits per heavy atom. The largest absolute Gasteiger partial charge is 0.481 e. The third-order valence-corrected chi connectivity index (χ3v) is 2.60. The van der Waals surface area contributed by atoms with E-state index in [0.717, 1.165) is 0 Å². The van der Waals surface area contributed by atoms with Crippen LogP contribution in [-0.4, -0.2) is 23.0 Å². The molecule has 92 valence electrons. The lowest BCUT2D eigenvalue weighted by molar-refractivity contribution is -0.137. The molecule has 0 fully saturated rings. The number of benzene rings is 1. The zero-order valence-corrected chi connectivity index (χ0v) is 10.5. The molecular weight excluding hydrogens is 265 g/mol. The summed E-state index contributed by atoms with van der Waals surface area (Å²) in [7, 11) is 0. The summed E-state index contributed by atoms with van der Waals surface area (Å²) < 4.78 is 0. The molecular formula is C11H11Cl2NO3. The molecule has 2 N–H and O–H groups in total. The van der Waals surface area contributed by atoms with Crippen molar-refractivity contribution in [1.29, 1.82) is 0 Å². The van der Waals surface area contributed by atoms with Gasteiger partial charge in [0.25, 0.3) is 5.91 Å². The maximum absolute atomic E-state index is 11.8. The van der Waals surface area contributed by atoms with Crippen LogP contribution in [0.15, 0.2) is 18.2 Å². The maximum atomic E-state index is 11.8. The molecule has 0 spiro atoms. The zero-order chi connectivity index (χ0) is 13.0. The molecule has 1 atom stereocenters. The summed E-state index contributed by atoms with van der Waals surface area (Å²) in [6, 6.07) is 4.05. The molecule has 0 heterocycles. The number of carbonyl (C=O) groups is 2. The highest BCUT2D eigenvalue weighted by molar-refractivity contribution is 6.35. The van der Waals surface area contributed by atoms with Crippen LogP contribution in [0.25, 0.3) is 0 Å². The first-order valence-electron chi connectivity index (χ1n) is 4.88. The van der Waals surface area contributed by atoms with Crippen molar-refractivity contribution in [3.05, 3.63) is 33.8 Å². The van der Waals surface area contributed by atoms with E-state index in [1.807, 2.05) is 0 Å². The minimum atomic E-state index is -0.977. The second kappa shape index (κ2) is 5.89. The van der Waals surface area contributed by atoms with E-state index in [2.05, 4.69) is 5.32 Å². The van der Waals surface area contributed by atoms with Crippen LogP contribution in [0.5, 0.6) is 0 Å². The molecule has 0 saturated carbocycles. The Morgan fingerprint density at radius 2 is 2.06 bits per heavy atom. The van der Waals surface area contributed by atoms with Crippen LogP contribution >= 0.6 is 23.2 Å². The van der Waals surface area contributed by atoms with Crippen molar-refractivity contribution >= 4 is 35.1 Å². The van der Waals surface area contributed by atoms with E-state index in [9.17, 15) is 9.59 Å². The van der Waals surface area contributed by atoms with Crippen LogP contribution in [0.4, 0.5) is 0 Å². The predicted molar refractivity (Wildman–Crippen MR) is 65.6 cm³/mol. The highest BCUT2D eigenvalue weighted by Gasteiger charge is 2.15. The highest BCUT2D eigenvalue weighted by Crippen LogP contribution is 2.20. The van der Waals surface area contributed by atoms with Gasteiger partial charge in [-0.2, -0.15) is 0 Å². The number of halogens is 2. The van der Waals surface area contributed by atoms with Gasteiger partial charge in [0.2, 0.25) is 0 Å². The number of rotatable bonds is 4. The summed E-state index contributed by atoms with van der Waals surface area (Å²) in [6.45, 7) is 1.60. The summed E-state index contributed by atoms with van der Waals surface area (Å²) in [6.07, 6.45) is -0.149. The third kappa shape index (κ3) is 4.24. The van der Waals surface area contributed by atoms with Crippen LogP contribution < -0.4 is 5.32 Å². The second-order valence-electron chi connectivity index (χ2n) is 3.60. The summed E-state index contributed by atoms with van der Waals surface area (Å²) in [5.41, 5.74) is 0.233. The number of hydrogen-bond donors (Lipinski definition) is 2. The first-order valence-corrected chi connectivity index (χ1v) is 5.63. The van der Waals surface area contributed by atoms with Crippen molar-refractivity contribution in [3.8, 4) is 0 Å². The molecule has 17 heavy (non-hydrogen) atoms. The third-order valence-electron chi connectivity index (χ3n) is 2.03. The standard InChI is InChI=1S/C11H11Cl2NO3/c1-6(4-10(15)16)14-11(17)8-5-7(12)2-3-9(8)13/h2-3,5-6H,4H2,1H3,(H,14,17)(H,15,16). The number of amides is 1. The van der Waals surface area contributed by atoms with Gasteiger partial charge in [-0.3, -0.25) is 9.59 Å². The molecule has 1 aromatic rings. The Hall–Kier alpha value is -1.26. The molecule has 0 aromatic heterocycles. The molecule has 0 aliphatic rings. The summed E-state index contributed by atoms with van der Waals surface area (Å²) in [4.78, 5) is 22.2. The van der Waals surface area contributed by atoms with Gasteiger partial charge in [-0.1, -0.05) is 23.2 Å². The monoisotopic (exact) mass is 275 g/mol. The molecule has 1 amide bonds. The van der Waals surface area contributed by atoms with Crippen LogP contribution in [0.1, 0.15) is 23.7 Å². The zero-order valence-electron chi connectivity index (χ0n) is 9.04. The minimum absolute atomic E-state index is 0.149. The van der Waals surface area contributed by atoms with Gasteiger partial charge < -0.3 is 10.4 Å². The number of hydrogen-bond acceptors (Lipinski definition) is 2. The summed E-state index contributed by atoms with van der Waals surface area (Å²) >= 11 is 11.6. The number of carbonyl (C=O) groups excluding carboxylic acids is 1. The van der Waals surface area contributed by atoms with E-state index in [-0.39, 0.29) is 17.0 Å². The van der Waals surface area contributed by atoms with Crippen LogP contribution in [0, 0.1) is 0 Å². The second-order valence-corrected chi connectivity index (χ2v) is 4.44. The molecule has 0 radical (unpaired) electrons. The highest BCUT2D eigenvalue weighted by atomic mass is 35.5. The molecule has 1 aromatic carbocycles. The van der Waals surface area contributed by atoms with E-state index in [0.29, 0.717) is 5.02 Å². The molecule has 1 rings (SSSR count). The fourth-order valence-corrected chi connectivity index (χ4v) is 1.66. The molecule has 4 nitrogen and oxygen atoms in total. The van der Waals surface area contributed by atoms with Crippen molar-refractivity contribution in [2.24, 2.45) is 0 Å². The van der Waals surface area contributed by atoms with Gasteiger partial charge in [0, 0.05) is 11.1 Å². The van der Waals surface area contributed by atoms with Crippen molar-refractivity contribution in [2.45, 2.75) is 19.4 Å². The number of carboxylic acids is 1. The van der Waals surface area contributed by atoms with E-state index in [1.165, 1.54) is 12.1 Å². The number of carboxylic acid groups (broad SMARTS) is 1. The fraction of sp³-hybridized carbons (Fsp3) is 0.273. The Balaban J connectivity index is 2.76. The summed E-state index contributed by atoms with van der Waals surface area (Å²) in [5.74, 6) is -1.42. The van der Waals surface area contributed by atoms with Gasteiger partial charge in [-0.15, -0.1) is 0 Å².